The molecule has 5 heteroatoms. The van der Waals surface area contributed by atoms with Crippen molar-refractivity contribution in [2.24, 2.45) is 11.7 Å². The van der Waals surface area contributed by atoms with Gasteiger partial charge in [0.15, 0.2) is 0 Å². The second-order valence-corrected chi connectivity index (χ2v) is 5.99. The molecule has 0 radical (unpaired) electrons. The number of nitrogens with two attached hydrogens (primary N) is 1. The summed E-state index contributed by atoms with van der Waals surface area (Å²) >= 11 is 0. The van der Waals surface area contributed by atoms with E-state index in [2.05, 4.69) is 25.7 Å². The lowest BCUT2D eigenvalue weighted by atomic mass is 10.1. The highest BCUT2D eigenvalue weighted by atomic mass is 16.6. The minimum atomic E-state index is -0.160. The summed E-state index contributed by atoms with van der Waals surface area (Å²) < 4.78 is 5.32. The maximum atomic E-state index is 12.0. The third-order valence-electron chi connectivity index (χ3n) is 3.82. The molecule has 1 rings (SSSR count). The smallest absolute Gasteiger partial charge is 0.409 e. The molecular weight excluding hydrogens is 254 g/mol. The fourth-order valence-electron chi connectivity index (χ4n) is 2.65. The molecule has 1 aliphatic rings. The number of hydrogen-bond acceptors (Lipinski definition) is 4. The molecular formula is C15H31N3O2. The normalized spacial score (nSPS) is 18.9. The van der Waals surface area contributed by atoms with Crippen LogP contribution in [0.5, 0.6) is 0 Å². The van der Waals surface area contributed by atoms with Gasteiger partial charge in [-0.15, -0.1) is 0 Å². The summed E-state index contributed by atoms with van der Waals surface area (Å²) in [5, 5.41) is 0. The summed E-state index contributed by atoms with van der Waals surface area (Å²) in [6.45, 7) is 11.1. The first kappa shape index (κ1) is 17.2. The Labute approximate surface area is 123 Å². The molecule has 1 aliphatic heterocycles. The van der Waals surface area contributed by atoms with Crippen LogP contribution < -0.4 is 5.73 Å². The number of rotatable bonds is 6. The lowest BCUT2D eigenvalue weighted by molar-refractivity contribution is 0.0920. The van der Waals surface area contributed by atoms with Crippen molar-refractivity contribution in [1.29, 1.82) is 0 Å². The molecule has 5 nitrogen and oxygen atoms in total. The summed E-state index contributed by atoms with van der Waals surface area (Å²) in [5.74, 6) is 0.386. The van der Waals surface area contributed by atoms with Crippen LogP contribution in [0.15, 0.2) is 0 Å². The average molecular weight is 285 g/mol. The van der Waals surface area contributed by atoms with Crippen LogP contribution in [0.1, 0.15) is 40.0 Å². The number of hydrogen-bond donors (Lipinski definition) is 1. The summed E-state index contributed by atoms with van der Waals surface area (Å²) in [6.07, 6.45) is 3.01. The third-order valence-corrected chi connectivity index (χ3v) is 3.82. The molecule has 0 aromatic heterocycles. The summed E-state index contributed by atoms with van der Waals surface area (Å²) in [4.78, 5) is 16.3. The fourth-order valence-corrected chi connectivity index (χ4v) is 2.65. The van der Waals surface area contributed by atoms with E-state index in [1.54, 1.807) is 0 Å². The quantitative estimate of drug-likeness (QED) is 0.810. The minimum absolute atomic E-state index is 0.160. The zero-order valence-electron chi connectivity index (χ0n) is 13.3. The first-order valence-corrected chi connectivity index (χ1v) is 7.94. The Morgan fingerprint density at radius 1 is 1.25 bits per heavy atom. The molecule has 1 saturated heterocycles. The lowest BCUT2D eigenvalue weighted by Crippen LogP contribution is -2.40. The molecule has 0 saturated carbocycles. The zero-order chi connectivity index (χ0) is 15.0. The van der Waals surface area contributed by atoms with Crippen LogP contribution in [0.2, 0.25) is 0 Å². The molecule has 1 amide bonds. The molecule has 1 fully saturated rings. The highest BCUT2D eigenvalue weighted by molar-refractivity contribution is 5.67. The predicted molar refractivity (Wildman–Crippen MR) is 81.7 cm³/mol. The van der Waals surface area contributed by atoms with E-state index in [1.165, 1.54) is 0 Å². The van der Waals surface area contributed by atoms with Crippen molar-refractivity contribution in [1.82, 2.24) is 9.80 Å². The van der Waals surface area contributed by atoms with Crippen LogP contribution in [0, 0.1) is 5.92 Å². The Morgan fingerprint density at radius 2 is 2.00 bits per heavy atom. The van der Waals surface area contributed by atoms with Crippen LogP contribution in [0.3, 0.4) is 0 Å². The van der Waals surface area contributed by atoms with E-state index in [-0.39, 0.29) is 6.09 Å². The van der Waals surface area contributed by atoms with Crippen LogP contribution in [0.25, 0.3) is 0 Å². The van der Waals surface area contributed by atoms with Gasteiger partial charge in [0.25, 0.3) is 0 Å². The predicted octanol–water partition coefficient (Wildman–Crippen LogP) is 1.91. The molecule has 2 N–H and O–H groups in total. The average Bonchev–Trinajstić information content (AvgIpc) is 2.68. The second-order valence-electron chi connectivity index (χ2n) is 5.99. The van der Waals surface area contributed by atoms with E-state index in [9.17, 15) is 4.79 Å². The summed E-state index contributed by atoms with van der Waals surface area (Å²) in [7, 11) is 0. The lowest BCUT2D eigenvalue weighted by Gasteiger charge is -2.29. The number of carbonyl (C=O) groups is 1. The number of carbonyl (C=O) groups excluding carboxylic acids is 1. The highest BCUT2D eigenvalue weighted by Crippen LogP contribution is 2.13. The topological polar surface area (TPSA) is 58.8 Å². The van der Waals surface area contributed by atoms with Crippen molar-refractivity contribution < 1.29 is 9.53 Å². The van der Waals surface area contributed by atoms with Crippen LogP contribution in [-0.2, 0) is 4.74 Å². The van der Waals surface area contributed by atoms with E-state index in [0.29, 0.717) is 18.6 Å². The van der Waals surface area contributed by atoms with Crippen molar-refractivity contribution in [3.05, 3.63) is 0 Å². The van der Waals surface area contributed by atoms with Crippen molar-refractivity contribution in [3.63, 3.8) is 0 Å². The summed E-state index contributed by atoms with van der Waals surface area (Å²) in [5.41, 5.74) is 5.68. The fraction of sp³-hybridized carbons (Fsp3) is 0.933. The minimum Gasteiger partial charge on any atom is -0.449 e. The Hall–Kier alpha value is -0.810. The van der Waals surface area contributed by atoms with Crippen LogP contribution >= 0.6 is 0 Å². The molecule has 1 unspecified atom stereocenters. The molecule has 0 spiro atoms. The number of ether oxygens (including phenoxy) is 1. The molecule has 20 heavy (non-hydrogen) atoms. The standard InChI is InChI=1S/C15H31N3O2/c1-4-14(6-7-16)17-8-5-9-18(11-10-17)15(19)20-12-13(2)3/h13-14H,4-12,16H2,1-3H3. The van der Waals surface area contributed by atoms with E-state index < -0.39 is 0 Å². The Balaban J connectivity index is 2.43. The van der Waals surface area contributed by atoms with Gasteiger partial charge in [0.05, 0.1) is 6.61 Å². The maximum absolute atomic E-state index is 12.0. The van der Waals surface area contributed by atoms with Crippen LogP contribution in [-0.4, -0.2) is 61.3 Å². The Bertz CT molecular complexity index is 284. The van der Waals surface area contributed by atoms with Gasteiger partial charge >= 0.3 is 6.09 Å². The highest BCUT2D eigenvalue weighted by Gasteiger charge is 2.23. The van der Waals surface area contributed by atoms with Gasteiger partial charge in [-0.1, -0.05) is 20.8 Å². The summed E-state index contributed by atoms with van der Waals surface area (Å²) in [6, 6.07) is 0.548. The number of nitrogens with zero attached hydrogens (tertiary/aromatic N) is 2. The van der Waals surface area contributed by atoms with Gasteiger partial charge in [0.2, 0.25) is 0 Å². The first-order valence-electron chi connectivity index (χ1n) is 7.94. The third kappa shape index (κ3) is 5.67. The Kier molecular flexibility index (Phi) is 7.92. The Morgan fingerprint density at radius 3 is 2.60 bits per heavy atom. The molecule has 0 aromatic carbocycles. The van der Waals surface area contributed by atoms with Gasteiger partial charge in [-0.05, 0) is 31.7 Å². The zero-order valence-corrected chi connectivity index (χ0v) is 13.3. The van der Waals surface area contributed by atoms with Crippen molar-refractivity contribution in [3.8, 4) is 0 Å². The van der Waals surface area contributed by atoms with E-state index in [4.69, 9.17) is 10.5 Å². The molecule has 118 valence electrons. The van der Waals surface area contributed by atoms with Crippen molar-refractivity contribution >= 4 is 6.09 Å². The molecule has 1 atom stereocenters. The van der Waals surface area contributed by atoms with Gasteiger partial charge in [-0.3, -0.25) is 4.90 Å². The van der Waals surface area contributed by atoms with Gasteiger partial charge < -0.3 is 15.4 Å². The van der Waals surface area contributed by atoms with Gasteiger partial charge in [-0.2, -0.15) is 0 Å². The SMILES string of the molecule is CCC(CCN)N1CCCN(C(=O)OCC(C)C)CC1. The molecule has 1 heterocycles. The largest absolute Gasteiger partial charge is 0.449 e. The second kappa shape index (κ2) is 9.19. The van der Waals surface area contributed by atoms with Crippen molar-refractivity contribution in [2.45, 2.75) is 46.1 Å². The molecule has 0 aliphatic carbocycles. The van der Waals surface area contributed by atoms with Gasteiger partial charge in [0, 0.05) is 32.2 Å². The molecule has 0 aromatic rings. The first-order chi connectivity index (χ1) is 9.58. The monoisotopic (exact) mass is 285 g/mol. The van der Waals surface area contributed by atoms with Crippen molar-refractivity contribution in [2.75, 3.05) is 39.3 Å². The van der Waals surface area contributed by atoms with E-state index >= 15 is 0 Å². The van der Waals surface area contributed by atoms with E-state index in [0.717, 1.165) is 52.0 Å². The maximum Gasteiger partial charge on any atom is 0.409 e. The van der Waals surface area contributed by atoms with Gasteiger partial charge in [0.1, 0.15) is 0 Å². The molecule has 0 bridgehead atoms. The van der Waals surface area contributed by atoms with E-state index in [1.807, 2.05) is 4.90 Å². The van der Waals surface area contributed by atoms with Gasteiger partial charge in [-0.25, -0.2) is 4.79 Å². The van der Waals surface area contributed by atoms with Crippen LogP contribution in [0.4, 0.5) is 4.79 Å². The number of amides is 1.